The molecule has 1 amide bonds. The summed E-state index contributed by atoms with van der Waals surface area (Å²) in [7, 11) is 0. The Balaban J connectivity index is 1.81. The highest BCUT2D eigenvalue weighted by Crippen LogP contribution is 2.21. The number of halogens is 3. The number of carbonyl (C=O) groups is 1. The molecule has 0 heterocycles. The second-order valence-electron chi connectivity index (χ2n) is 4.22. The summed E-state index contributed by atoms with van der Waals surface area (Å²) in [6, 6.07) is 10.3. The van der Waals surface area contributed by atoms with Crippen molar-refractivity contribution in [2.24, 2.45) is 0 Å². The van der Waals surface area contributed by atoms with Gasteiger partial charge in [0.25, 0.3) is 0 Å². The zero-order valence-corrected chi connectivity index (χ0v) is 12.5. The smallest absolute Gasteiger partial charge is 0.225 e. The lowest BCUT2D eigenvalue weighted by Crippen LogP contribution is -2.13. The van der Waals surface area contributed by atoms with Gasteiger partial charge in [-0.05, 0) is 36.4 Å². The van der Waals surface area contributed by atoms with Crippen molar-refractivity contribution in [3.63, 3.8) is 0 Å². The van der Waals surface area contributed by atoms with E-state index in [-0.39, 0.29) is 18.0 Å². The zero-order valence-electron chi connectivity index (χ0n) is 10.9. The molecule has 110 valence electrons. The van der Waals surface area contributed by atoms with Crippen LogP contribution in [0.4, 0.5) is 14.5 Å². The van der Waals surface area contributed by atoms with E-state index in [4.69, 9.17) is 11.6 Å². The van der Waals surface area contributed by atoms with Crippen molar-refractivity contribution in [3.05, 3.63) is 59.1 Å². The van der Waals surface area contributed by atoms with E-state index >= 15 is 0 Å². The summed E-state index contributed by atoms with van der Waals surface area (Å²) < 4.78 is 26.1. The Labute approximate surface area is 130 Å². The third-order valence-corrected chi connectivity index (χ3v) is 3.88. The third-order valence-electron chi connectivity index (χ3n) is 2.62. The molecule has 0 atom stereocenters. The first-order chi connectivity index (χ1) is 10.0. The van der Waals surface area contributed by atoms with Gasteiger partial charge in [0.15, 0.2) is 0 Å². The topological polar surface area (TPSA) is 29.1 Å². The number of hydrogen-bond acceptors (Lipinski definition) is 2. The molecular weight excluding hydrogens is 316 g/mol. The van der Waals surface area contributed by atoms with Gasteiger partial charge in [0.1, 0.15) is 11.6 Å². The number of amides is 1. The Morgan fingerprint density at radius 1 is 1.14 bits per heavy atom. The van der Waals surface area contributed by atoms with Crippen LogP contribution in [0, 0.1) is 11.6 Å². The van der Waals surface area contributed by atoms with Crippen LogP contribution in [-0.4, -0.2) is 11.7 Å². The summed E-state index contributed by atoms with van der Waals surface area (Å²) in [5.74, 6) is -1.23. The van der Waals surface area contributed by atoms with Crippen LogP contribution in [0.15, 0.2) is 47.4 Å². The van der Waals surface area contributed by atoms with Crippen LogP contribution in [0.3, 0.4) is 0 Å². The summed E-state index contributed by atoms with van der Waals surface area (Å²) in [4.78, 5) is 12.7. The largest absolute Gasteiger partial charge is 0.324 e. The molecule has 2 aromatic rings. The van der Waals surface area contributed by atoms with E-state index in [1.165, 1.54) is 17.8 Å². The number of hydrogen-bond donors (Lipinski definition) is 1. The van der Waals surface area contributed by atoms with Gasteiger partial charge in [-0.15, -0.1) is 11.8 Å². The molecule has 0 fully saturated rings. The Kier molecular flexibility index (Phi) is 5.59. The Morgan fingerprint density at radius 2 is 1.86 bits per heavy atom. The highest BCUT2D eigenvalue weighted by molar-refractivity contribution is 7.99. The van der Waals surface area contributed by atoms with Gasteiger partial charge >= 0.3 is 0 Å². The van der Waals surface area contributed by atoms with Gasteiger partial charge in [0.05, 0.1) is 5.69 Å². The molecule has 0 unspecified atom stereocenters. The summed E-state index contributed by atoms with van der Waals surface area (Å²) in [6.07, 6.45) is 0.226. The SMILES string of the molecule is O=C(CCSc1ccc(Cl)cc1)Nc1ccc(F)cc1F. The molecule has 6 heteroatoms. The lowest BCUT2D eigenvalue weighted by atomic mass is 10.3. The van der Waals surface area contributed by atoms with Crippen LogP contribution in [0.2, 0.25) is 5.02 Å². The predicted octanol–water partition coefficient (Wildman–Crippen LogP) is 4.74. The van der Waals surface area contributed by atoms with Crippen molar-refractivity contribution in [1.82, 2.24) is 0 Å². The molecule has 2 nitrogen and oxygen atoms in total. The van der Waals surface area contributed by atoms with Gasteiger partial charge in [0.2, 0.25) is 5.91 Å². The minimum Gasteiger partial charge on any atom is -0.324 e. The summed E-state index contributed by atoms with van der Waals surface area (Å²) >= 11 is 7.28. The quantitative estimate of drug-likeness (QED) is 0.804. The molecule has 2 aromatic carbocycles. The van der Waals surface area contributed by atoms with E-state index in [0.29, 0.717) is 10.8 Å². The summed E-state index contributed by atoms with van der Waals surface area (Å²) in [5.41, 5.74) is -0.0158. The molecule has 0 aliphatic rings. The van der Waals surface area contributed by atoms with Gasteiger partial charge in [0, 0.05) is 28.2 Å². The number of benzene rings is 2. The molecule has 0 saturated carbocycles. The second-order valence-corrected chi connectivity index (χ2v) is 5.83. The normalized spacial score (nSPS) is 10.4. The first-order valence-electron chi connectivity index (χ1n) is 6.18. The van der Waals surface area contributed by atoms with E-state index in [1.54, 1.807) is 12.1 Å². The lowest BCUT2D eigenvalue weighted by Gasteiger charge is -2.06. The maximum Gasteiger partial charge on any atom is 0.225 e. The molecule has 0 aromatic heterocycles. The van der Waals surface area contributed by atoms with Crippen molar-refractivity contribution in [3.8, 4) is 0 Å². The minimum atomic E-state index is -0.784. The monoisotopic (exact) mass is 327 g/mol. The van der Waals surface area contributed by atoms with Crippen molar-refractivity contribution >= 4 is 35.0 Å². The average molecular weight is 328 g/mol. The van der Waals surface area contributed by atoms with E-state index in [0.717, 1.165) is 17.0 Å². The second kappa shape index (κ2) is 7.43. The molecular formula is C15H12ClF2NOS. The highest BCUT2D eigenvalue weighted by Gasteiger charge is 2.08. The third kappa shape index (κ3) is 5.02. The number of thioether (sulfide) groups is 1. The van der Waals surface area contributed by atoms with Crippen LogP contribution >= 0.6 is 23.4 Å². The van der Waals surface area contributed by atoms with Crippen molar-refractivity contribution in [2.45, 2.75) is 11.3 Å². The summed E-state index contributed by atoms with van der Waals surface area (Å²) in [5, 5.41) is 3.07. The molecule has 0 aliphatic carbocycles. The standard InChI is InChI=1S/C15H12ClF2NOS/c16-10-1-4-12(5-2-10)21-8-7-15(20)19-14-6-3-11(17)9-13(14)18/h1-6,9H,7-8H2,(H,19,20). The molecule has 0 aliphatic heterocycles. The lowest BCUT2D eigenvalue weighted by molar-refractivity contribution is -0.115. The van der Waals surface area contributed by atoms with Crippen LogP contribution in [-0.2, 0) is 4.79 Å². The Morgan fingerprint density at radius 3 is 2.52 bits per heavy atom. The molecule has 2 rings (SSSR count). The zero-order chi connectivity index (χ0) is 15.2. The van der Waals surface area contributed by atoms with Crippen LogP contribution in [0.5, 0.6) is 0 Å². The first-order valence-corrected chi connectivity index (χ1v) is 7.54. The fraction of sp³-hybridized carbons (Fsp3) is 0.133. The van der Waals surface area contributed by atoms with Gasteiger partial charge in [-0.2, -0.15) is 0 Å². The number of carbonyl (C=O) groups excluding carboxylic acids is 1. The minimum absolute atomic E-state index is 0.0158. The average Bonchev–Trinajstić information content (AvgIpc) is 2.44. The van der Waals surface area contributed by atoms with Gasteiger partial charge < -0.3 is 5.32 Å². The molecule has 0 spiro atoms. The first kappa shape index (κ1) is 15.8. The van der Waals surface area contributed by atoms with Crippen LogP contribution in [0.25, 0.3) is 0 Å². The molecule has 0 bridgehead atoms. The molecule has 1 N–H and O–H groups in total. The highest BCUT2D eigenvalue weighted by atomic mass is 35.5. The number of anilines is 1. The van der Waals surface area contributed by atoms with Crippen molar-refractivity contribution in [1.29, 1.82) is 0 Å². The van der Waals surface area contributed by atoms with Crippen molar-refractivity contribution < 1.29 is 13.6 Å². The fourth-order valence-electron chi connectivity index (χ4n) is 1.60. The Hall–Kier alpha value is -1.59. The molecule has 21 heavy (non-hydrogen) atoms. The van der Waals surface area contributed by atoms with E-state index in [2.05, 4.69) is 5.32 Å². The molecule has 0 saturated heterocycles. The molecule has 0 radical (unpaired) electrons. The van der Waals surface area contributed by atoms with E-state index in [9.17, 15) is 13.6 Å². The van der Waals surface area contributed by atoms with E-state index < -0.39 is 11.6 Å². The van der Waals surface area contributed by atoms with Crippen LogP contribution in [0.1, 0.15) is 6.42 Å². The van der Waals surface area contributed by atoms with E-state index in [1.807, 2.05) is 12.1 Å². The predicted molar refractivity (Wildman–Crippen MR) is 81.8 cm³/mol. The van der Waals surface area contributed by atoms with Crippen molar-refractivity contribution in [2.75, 3.05) is 11.1 Å². The fourth-order valence-corrected chi connectivity index (χ4v) is 2.57. The van der Waals surface area contributed by atoms with Gasteiger partial charge in [-0.1, -0.05) is 11.6 Å². The van der Waals surface area contributed by atoms with Crippen LogP contribution < -0.4 is 5.32 Å². The number of rotatable bonds is 5. The van der Waals surface area contributed by atoms with Gasteiger partial charge in [-0.25, -0.2) is 8.78 Å². The maximum absolute atomic E-state index is 13.4. The van der Waals surface area contributed by atoms with Gasteiger partial charge in [-0.3, -0.25) is 4.79 Å². The maximum atomic E-state index is 13.4. The summed E-state index contributed by atoms with van der Waals surface area (Å²) in [6.45, 7) is 0. The Bertz CT molecular complexity index is 634. The number of nitrogens with one attached hydrogen (secondary N) is 1.